The molecule has 0 unspecified atom stereocenters. The first-order valence-electron chi connectivity index (χ1n) is 6.41. The highest BCUT2D eigenvalue weighted by Gasteiger charge is 2.21. The number of hydrogen-bond acceptors (Lipinski definition) is 1. The minimum absolute atomic E-state index is 0.372. The third-order valence-electron chi connectivity index (χ3n) is 3.77. The zero-order valence-corrected chi connectivity index (χ0v) is 9.95. The molecule has 0 bridgehead atoms. The summed E-state index contributed by atoms with van der Waals surface area (Å²) < 4.78 is 12.7. The Morgan fingerprint density at radius 2 is 2.00 bits per heavy atom. The number of halogens is 1. The Hall–Kier alpha value is -0.920. The molecule has 1 aliphatic carbocycles. The summed E-state index contributed by atoms with van der Waals surface area (Å²) in [4.78, 5) is 3.74. The van der Waals surface area contributed by atoms with Crippen LogP contribution in [0.5, 0.6) is 0 Å². The van der Waals surface area contributed by atoms with Crippen LogP contribution in [0.1, 0.15) is 56.9 Å². The van der Waals surface area contributed by atoms with Crippen LogP contribution in [0.25, 0.3) is 0 Å². The van der Waals surface area contributed by atoms with Crippen molar-refractivity contribution in [1.29, 1.82) is 0 Å². The molecule has 0 aromatic carbocycles. The molecule has 0 amide bonds. The van der Waals surface area contributed by atoms with Crippen molar-refractivity contribution in [2.24, 2.45) is 5.92 Å². The molecule has 1 aromatic rings. The van der Waals surface area contributed by atoms with Crippen molar-refractivity contribution in [2.75, 3.05) is 0 Å². The summed E-state index contributed by atoms with van der Waals surface area (Å²) in [5, 5.41) is 0. The van der Waals surface area contributed by atoms with Gasteiger partial charge in [0.25, 0.3) is 0 Å². The van der Waals surface area contributed by atoms with E-state index in [-0.39, 0.29) is 5.95 Å². The highest BCUT2D eigenvalue weighted by atomic mass is 19.1. The van der Waals surface area contributed by atoms with E-state index in [1.807, 2.05) is 6.07 Å². The molecule has 1 aromatic heterocycles. The van der Waals surface area contributed by atoms with Gasteiger partial charge < -0.3 is 0 Å². The summed E-state index contributed by atoms with van der Waals surface area (Å²) in [5.74, 6) is 1.17. The van der Waals surface area contributed by atoms with Crippen molar-refractivity contribution in [3.8, 4) is 0 Å². The normalized spacial score (nSPS) is 25.6. The number of rotatable bonds is 3. The van der Waals surface area contributed by atoms with Crippen molar-refractivity contribution in [3.05, 3.63) is 29.8 Å². The molecular formula is C14H20FN. The Labute approximate surface area is 97.1 Å². The molecule has 2 heteroatoms. The summed E-state index contributed by atoms with van der Waals surface area (Å²) in [6.07, 6.45) is 9.53. The van der Waals surface area contributed by atoms with Gasteiger partial charge >= 0.3 is 0 Å². The molecule has 0 saturated heterocycles. The maximum absolute atomic E-state index is 12.7. The number of aromatic nitrogens is 1. The van der Waals surface area contributed by atoms with E-state index in [0.29, 0.717) is 5.92 Å². The van der Waals surface area contributed by atoms with Crippen molar-refractivity contribution in [2.45, 2.75) is 51.4 Å². The second-order valence-electron chi connectivity index (χ2n) is 4.92. The minimum Gasteiger partial charge on any atom is -0.228 e. The van der Waals surface area contributed by atoms with E-state index in [1.54, 1.807) is 6.20 Å². The summed E-state index contributed by atoms with van der Waals surface area (Å²) >= 11 is 0. The highest BCUT2D eigenvalue weighted by Crippen LogP contribution is 2.37. The van der Waals surface area contributed by atoms with E-state index >= 15 is 0 Å². The van der Waals surface area contributed by atoms with Gasteiger partial charge in [0.15, 0.2) is 0 Å². The van der Waals surface area contributed by atoms with Crippen molar-refractivity contribution >= 4 is 0 Å². The topological polar surface area (TPSA) is 12.9 Å². The molecule has 88 valence electrons. The molecule has 1 heterocycles. The van der Waals surface area contributed by atoms with Gasteiger partial charge in [-0.15, -0.1) is 0 Å². The molecular weight excluding hydrogens is 201 g/mol. The zero-order valence-electron chi connectivity index (χ0n) is 9.95. The molecule has 0 aliphatic heterocycles. The van der Waals surface area contributed by atoms with E-state index in [4.69, 9.17) is 0 Å². The lowest BCUT2D eigenvalue weighted by Crippen LogP contribution is -2.13. The molecule has 1 fully saturated rings. The van der Waals surface area contributed by atoms with E-state index in [0.717, 1.165) is 5.92 Å². The number of nitrogens with zero attached hydrogens (tertiary/aromatic N) is 1. The van der Waals surface area contributed by atoms with Crippen LogP contribution in [0, 0.1) is 11.9 Å². The summed E-state index contributed by atoms with van der Waals surface area (Å²) in [5.41, 5.74) is 1.22. The second kappa shape index (κ2) is 5.42. The van der Waals surface area contributed by atoms with Crippen molar-refractivity contribution in [1.82, 2.24) is 4.98 Å². The maximum atomic E-state index is 12.7. The first kappa shape index (κ1) is 11.6. The lowest BCUT2D eigenvalue weighted by Gasteiger charge is -2.28. The molecule has 0 spiro atoms. The third-order valence-corrected chi connectivity index (χ3v) is 3.77. The first-order chi connectivity index (χ1) is 7.79. The maximum Gasteiger partial charge on any atom is 0.212 e. The smallest absolute Gasteiger partial charge is 0.212 e. The van der Waals surface area contributed by atoms with Crippen LogP contribution in [-0.4, -0.2) is 4.98 Å². The van der Waals surface area contributed by atoms with Crippen LogP contribution >= 0.6 is 0 Å². The van der Waals surface area contributed by atoms with Gasteiger partial charge in [0.05, 0.1) is 0 Å². The average Bonchev–Trinajstić information content (AvgIpc) is 2.32. The lowest BCUT2D eigenvalue weighted by atomic mass is 9.78. The van der Waals surface area contributed by atoms with Gasteiger partial charge in [-0.3, -0.25) is 0 Å². The molecule has 1 aliphatic rings. The van der Waals surface area contributed by atoms with Gasteiger partial charge in [-0.05, 0) is 49.1 Å². The highest BCUT2D eigenvalue weighted by molar-refractivity contribution is 5.15. The fraction of sp³-hybridized carbons (Fsp3) is 0.643. The van der Waals surface area contributed by atoms with E-state index < -0.39 is 0 Å². The Morgan fingerprint density at radius 1 is 1.25 bits per heavy atom. The van der Waals surface area contributed by atoms with Gasteiger partial charge in [-0.2, -0.15) is 4.39 Å². The minimum atomic E-state index is -0.372. The van der Waals surface area contributed by atoms with Crippen LogP contribution in [0.3, 0.4) is 0 Å². The quantitative estimate of drug-likeness (QED) is 0.694. The average molecular weight is 221 g/mol. The van der Waals surface area contributed by atoms with Crippen LogP contribution in [0.2, 0.25) is 0 Å². The zero-order chi connectivity index (χ0) is 11.4. The van der Waals surface area contributed by atoms with Crippen LogP contribution in [0.15, 0.2) is 18.3 Å². The van der Waals surface area contributed by atoms with Crippen molar-refractivity contribution < 1.29 is 4.39 Å². The Bertz CT molecular complexity index is 312. The number of pyridine rings is 1. The summed E-state index contributed by atoms with van der Waals surface area (Å²) in [6, 6.07) is 3.38. The Kier molecular flexibility index (Phi) is 3.92. The van der Waals surface area contributed by atoms with Gasteiger partial charge in [-0.25, -0.2) is 4.98 Å². The lowest BCUT2D eigenvalue weighted by molar-refractivity contribution is 0.308. The van der Waals surface area contributed by atoms with Gasteiger partial charge in [0, 0.05) is 6.20 Å². The fourth-order valence-corrected chi connectivity index (χ4v) is 2.82. The molecule has 0 atom stereocenters. The standard InChI is InChI=1S/C14H20FN/c1-2-3-11-4-6-12(7-5-11)13-8-9-14(15)16-10-13/h8-12H,2-7H2,1H3/t11-,12-. The fourth-order valence-electron chi connectivity index (χ4n) is 2.82. The van der Waals surface area contributed by atoms with Gasteiger partial charge in [0.2, 0.25) is 5.95 Å². The van der Waals surface area contributed by atoms with E-state index in [1.165, 1.54) is 50.2 Å². The van der Waals surface area contributed by atoms with Gasteiger partial charge in [0.1, 0.15) is 0 Å². The summed E-state index contributed by atoms with van der Waals surface area (Å²) in [7, 11) is 0. The van der Waals surface area contributed by atoms with Crippen LogP contribution in [0.4, 0.5) is 4.39 Å². The predicted molar refractivity (Wildman–Crippen MR) is 63.8 cm³/mol. The second-order valence-corrected chi connectivity index (χ2v) is 4.92. The monoisotopic (exact) mass is 221 g/mol. The summed E-state index contributed by atoms with van der Waals surface area (Å²) in [6.45, 7) is 2.26. The van der Waals surface area contributed by atoms with Crippen LogP contribution in [-0.2, 0) is 0 Å². The predicted octanol–water partition coefficient (Wildman–Crippen LogP) is 4.29. The molecule has 0 radical (unpaired) electrons. The number of hydrogen-bond donors (Lipinski definition) is 0. The third kappa shape index (κ3) is 2.81. The van der Waals surface area contributed by atoms with E-state index in [2.05, 4.69) is 11.9 Å². The van der Waals surface area contributed by atoms with E-state index in [9.17, 15) is 4.39 Å². The molecule has 16 heavy (non-hydrogen) atoms. The van der Waals surface area contributed by atoms with Gasteiger partial charge in [-0.1, -0.05) is 25.8 Å². The SMILES string of the molecule is CCC[C@H]1CC[C@H](c2ccc(F)nc2)CC1. The molecule has 1 nitrogen and oxygen atoms in total. The first-order valence-corrected chi connectivity index (χ1v) is 6.41. The molecule has 0 N–H and O–H groups in total. The van der Waals surface area contributed by atoms with Crippen LogP contribution < -0.4 is 0 Å². The Balaban J connectivity index is 1.91. The van der Waals surface area contributed by atoms with Crippen molar-refractivity contribution in [3.63, 3.8) is 0 Å². The molecule has 2 rings (SSSR count). The Morgan fingerprint density at radius 3 is 2.56 bits per heavy atom. The molecule has 1 saturated carbocycles. The largest absolute Gasteiger partial charge is 0.228 e.